The van der Waals surface area contributed by atoms with Crippen LogP contribution >= 0.6 is 0 Å². The molecule has 0 unspecified atom stereocenters. The third-order valence-electron chi connectivity index (χ3n) is 3.86. The third-order valence-corrected chi connectivity index (χ3v) is 3.86. The minimum Gasteiger partial charge on any atom is -0.312 e. The predicted molar refractivity (Wildman–Crippen MR) is 86.9 cm³/mol. The van der Waals surface area contributed by atoms with Crippen LogP contribution in [-0.4, -0.2) is 18.4 Å². The SMILES string of the molecule is CC(=O)N1CCc2cc(C(=O)NOCc3ccccc3)ccc21. The van der Waals surface area contributed by atoms with Gasteiger partial charge in [-0.05, 0) is 35.7 Å². The minimum atomic E-state index is -0.287. The van der Waals surface area contributed by atoms with Gasteiger partial charge in [-0.15, -0.1) is 0 Å². The number of fused-ring (bicyclic) bond motifs is 1. The van der Waals surface area contributed by atoms with Crippen LogP contribution in [0.5, 0.6) is 0 Å². The second-order valence-electron chi connectivity index (χ2n) is 5.47. The number of hydrogen-bond acceptors (Lipinski definition) is 3. The van der Waals surface area contributed by atoms with Crippen LogP contribution in [0.25, 0.3) is 0 Å². The fraction of sp³-hybridized carbons (Fsp3) is 0.222. The van der Waals surface area contributed by atoms with E-state index < -0.39 is 0 Å². The van der Waals surface area contributed by atoms with Crippen LogP contribution in [0.3, 0.4) is 0 Å². The fourth-order valence-electron chi connectivity index (χ4n) is 2.69. The van der Waals surface area contributed by atoms with E-state index in [9.17, 15) is 9.59 Å². The summed E-state index contributed by atoms with van der Waals surface area (Å²) in [6.07, 6.45) is 0.765. The number of anilines is 1. The molecular weight excluding hydrogens is 292 g/mol. The summed E-state index contributed by atoms with van der Waals surface area (Å²) in [5, 5.41) is 0. The normalized spacial score (nSPS) is 12.8. The maximum atomic E-state index is 12.1. The molecule has 0 fully saturated rings. The third kappa shape index (κ3) is 3.40. The van der Waals surface area contributed by atoms with E-state index in [1.807, 2.05) is 42.5 Å². The quantitative estimate of drug-likeness (QED) is 0.883. The van der Waals surface area contributed by atoms with E-state index in [1.165, 1.54) is 0 Å². The van der Waals surface area contributed by atoms with Crippen molar-refractivity contribution in [2.45, 2.75) is 20.0 Å². The standard InChI is InChI=1S/C18H18N2O3/c1-13(21)20-10-9-15-11-16(7-8-17(15)20)18(22)19-23-12-14-5-3-2-4-6-14/h2-8,11H,9-10,12H2,1H3,(H,19,22). The van der Waals surface area contributed by atoms with Gasteiger partial charge in [0.2, 0.25) is 5.91 Å². The summed E-state index contributed by atoms with van der Waals surface area (Å²) in [4.78, 5) is 30.6. The number of nitrogens with one attached hydrogen (secondary N) is 1. The summed E-state index contributed by atoms with van der Waals surface area (Å²) in [7, 11) is 0. The number of benzene rings is 2. The molecule has 3 rings (SSSR count). The first-order valence-electron chi connectivity index (χ1n) is 7.52. The summed E-state index contributed by atoms with van der Waals surface area (Å²) in [5.74, 6) is -0.267. The molecule has 2 aromatic carbocycles. The topological polar surface area (TPSA) is 58.6 Å². The molecule has 0 saturated heterocycles. The van der Waals surface area contributed by atoms with Crippen molar-refractivity contribution in [2.24, 2.45) is 0 Å². The largest absolute Gasteiger partial charge is 0.312 e. The lowest BCUT2D eigenvalue weighted by molar-refractivity contribution is -0.116. The summed E-state index contributed by atoms with van der Waals surface area (Å²) in [6.45, 7) is 2.53. The van der Waals surface area contributed by atoms with Gasteiger partial charge < -0.3 is 4.90 Å². The summed E-state index contributed by atoms with van der Waals surface area (Å²) in [6, 6.07) is 15.0. The van der Waals surface area contributed by atoms with E-state index in [2.05, 4.69) is 5.48 Å². The van der Waals surface area contributed by atoms with E-state index >= 15 is 0 Å². The number of carbonyl (C=O) groups excluding carboxylic acids is 2. The number of nitrogens with zero attached hydrogens (tertiary/aromatic N) is 1. The molecule has 0 aromatic heterocycles. The Balaban J connectivity index is 1.61. The van der Waals surface area contributed by atoms with Gasteiger partial charge in [-0.3, -0.25) is 14.4 Å². The van der Waals surface area contributed by atoms with Crippen molar-refractivity contribution in [2.75, 3.05) is 11.4 Å². The summed E-state index contributed by atoms with van der Waals surface area (Å²) >= 11 is 0. The molecule has 1 aliphatic heterocycles. The van der Waals surface area contributed by atoms with Crippen molar-refractivity contribution in [3.63, 3.8) is 0 Å². The van der Waals surface area contributed by atoms with Crippen LogP contribution in [0.1, 0.15) is 28.4 Å². The van der Waals surface area contributed by atoms with E-state index in [4.69, 9.17) is 4.84 Å². The van der Waals surface area contributed by atoms with Gasteiger partial charge in [-0.1, -0.05) is 30.3 Å². The fourth-order valence-corrected chi connectivity index (χ4v) is 2.69. The molecule has 1 aliphatic rings. The lowest BCUT2D eigenvalue weighted by Gasteiger charge is -2.14. The number of carbonyl (C=O) groups is 2. The van der Waals surface area contributed by atoms with Gasteiger partial charge in [0, 0.05) is 24.7 Å². The van der Waals surface area contributed by atoms with Crippen LogP contribution in [0.2, 0.25) is 0 Å². The monoisotopic (exact) mass is 310 g/mol. The number of hydroxylamine groups is 1. The molecule has 2 aromatic rings. The number of hydrogen-bond donors (Lipinski definition) is 1. The number of rotatable bonds is 4. The van der Waals surface area contributed by atoms with E-state index in [0.29, 0.717) is 18.7 Å². The molecule has 0 saturated carbocycles. The molecule has 118 valence electrons. The Labute approximate surface area is 134 Å². The van der Waals surface area contributed by atoms with E-state index in [0.717, 1.165) is 23.2 Å². The van der Waals surface area contributed by atoms with Gasteiger partial charge in [-0.25, -0.2) is 5.48 Å². The van der Waals surface area contributed by atoms with Gasteiger partial charge in [-0.2, -0.15) is 0 Å². The molecule has 23 heavy (non-hydrogen) atoms. The number of amides is 2. The van der Waals surface area contributed by atoms with Crippen LogP contribution in [0, 0.1) is 0 Å². The van der Waals surface area contributed by atoms with Crippen molar-refractivity contribution in [3.8, 4) is 0 Å². The first-order valence-corrected chi connectivity index (χ1v) is 7.52. The van der Waals surface area contributed by atoms with E-state index in [-0.39, 0.29) is 11.8 Å². The second-order valence-corrected chi connectivity index (χ2v) is 5.47. The zero-order valence-electron chi connectivity index (χ0n) is 12.9. The smallest absolute Gasteiger partial charge is 0.274 e. The molecule has 0 spiro atoms. The minimum absolute atomic E-state index is 0.0205. The first kappa shape index (κ1) is 15.2. The zero-order chi connectivity index (χ0) is 16.2. The zero-order valence-corrected chi connectivity index (χ0v) is 12.9. The Morgan fingerprint density at radius 3 is 2.70 bits per heavy atom. The highest BCUT2D eigenvalue weighted by atomic mass is 16.6. The molecule has 1 heterocycles. The maximum absolute atomic E-state index is 12.1. The van der Waals surface area contributed by atoms with Crippen molar-refractivity contribution in [1.82, 2.24) is 5.48 Å². The molecule has 0 atom stereocenters. The Hall–Kier alpha value is -2.66. The van der Waals surface area contributed by atoms with Gasteiger partial charge in [0.25, 0.3) is 5.91 Å². The first-order chi connectivity index (χ1) is 11.1. The van der Waals surface area contributed by atoms with Crippen molar-refractivity contribution < 1.29 is 14.4 Å². The van der Waals surface area contributed by atoms with Gasteiger partial charge in [0.1, 0.15) is 0 Å². The molecule has 5 heteroatoms. The molecule has 2 amide bonds. The predicted octanol–water partition coefficient (Wildman–Crippen LogP) is 2.46. The Kier molecular flexibility index (Phi) is 4.39. The van der Waals surface area contributed by atoms with E-state index in [1.54, 1.807) is 17.9 Å². The lowest BCUT2D eigenvalue weighted by atomic mass is 10.1. The van der Waals surface area contributed by atoms with Gasteiger partial charge >= 0.3 is 0 Å². The summed E-state index contributed by atoms with van der Waals surface area (Å²) < 4.78 is 0. The molecule has 0 radical (unpaired) electrons. The lowest BCUT2D eigenvalue weighted by Crippen LogP contribution is -2.26. The average Bonchev–Trinajstić information content (AvgIpc) is 2.99. The highest BCUT2D eigenvalue weighted by Gasteiger charge is 2.23. The molecule has 1 N–H and O–H groups in total. The Morgan fingerprint density at radius 2 is 1.96 bits per heavy atom. The molecule has 0 aliphatic carbocycles. The second kappa shape index (κ2) is 6.62. The molecule has 0 bridgehead atoms. The van der Waals surface area contributed by atoms with Crippen LogP contribution < -0.4 is 10.4 Å². The van der Waals surface area contributed by atoms with Gasteiger partial charge in [0.05, 0.1) is 6.61 Å². The highest BCUT2D eigenvalue weighted by Crippen LogP contribution is 2.28. The maximum Gasteiger partial charge on any atom is 0.274 e. The Morgan fingerprint density at radius 1 is 1.17 bits per heavy atom. The molecule has 5 nitrogen and oxygen atoms in total. The van der Waals surface area contributed by atoms with Crippen LogP contribution in [0.15, 0.2) is 48.5 Å². The van der Waals surface area contributed by atoms with Crippen LogP contribution in [-0.2, 0) is 22.7 Å². The van der Waals surface area contributed by atoms with Crippen molar-refractivity contribution >= 4 is 17.5 Å². The summed E-state index contributed by atoms with van der Waals surface area (Å²) in [5.41, 5.74) is 5.87. The highest BCUT2D eigenvalue weighted by molar-refractivity contribution is 5.97. The van der Waals surface area contributed by atoms with Gasteiger partial charge in [0.15, 0.2) is 0 Å². The van der Waals surface area contributed by atoms with Crippen molar-refractivity contribution in [1.29, 1.82) is 0 Å². The van der Waals surface area contributed by atoms with Crippen molar-refractivity contribution in [3.05, 3.63) is 65.2 Å². The molecular formula is C18H18N2O3. The Bertz CT molecular complexity index is 728. The average molecular weight is 310 g/mol. The van der Waals surface area contributed by atoms with Crippen LogP contribution in [0.4, 0.5) is 5.69 Å².